The Morgan fingerprint density at radius 3 is 2.54 bits per heavy atom. The standard InChI is InChI=1S/C28H36F2N4O3/c1-17(18-6-5-7-18)31-27(35)22-16-34(20-8-3-2-4-9-20)13-12-24(22)32-28(36)26-15-25(33-37-26)21-11-10-19(29)14-23(21)30/h10-11,14-15,17-18,20,22,24H,2-9,12-13,16H2,1H3,(H,31,35)(H,32,36)/t17-,22-,24-/m1/s1. The fraction of sp³-hybridized carbons (Fsp3) is 0.607. The first-order valence-corrected chi connectivity index (χ1v) is 13.7. The number of hydrogen-bond donors (Lipinski definition) is 2. The van der Waals surface area contributed by atoms with Crippen LogP contribution in [-0.2, 0) is 4.79 Å². The fourth-order valence-electron chi connectivity index (χ4n) is 6.03. The Hall–Kier alpha value is -2.81. The van der Waals surface area contributed by atoms with Crippen LogP contribution in [0.25, 0.3) is 11.3 Å². The number of aromatic nitrogens is 1. The van der Waals surface area contributed by atoms with Gasteiger partial charge in [0.15, 0.2) is 0 Å². The summed E-state index contributed by atoms with van der Waals surface area (Å²) < 4.78 is 32.6. The van der Waals surface area contributed by atoms with Crippen LogP contribution in [0.5, 0.6) is 0 Å². The Morgan fingerprint density at radius 2 is 1.84 bits per heavy atom. The smallest absolute Gasteiger partial charge is 0.290 e. The van der Waals surface area contributed by atoms with E-state index in [-0.39, 0.29) is 40.9 Å². The molecule has 1 aliphatic heterocycles. The summed E-state index contributed by atoms with van der Waals surface area (Å²) in [6.07, 6.45) is 10.2. The van der Waals surface area contributed by atoms with Crippen molar-refractivity contribution in [3.8, 4) is 11.3 Å². The van der Waals surface area contributed by atoms with Gasteiger partial charge in [-0.1, -0.05) is 30.8 Å². The van der Waals surface area contributed by atoms with Gasteiger partial charge in [-0.2, -0.15) is 0 Å². The zero-order valence-corrected chi connectivity index (χ0v) is 21.3. The van der Waals surface area contributed by atoms with Crippen LogP contribution in [0, 0.1) is 23.5 Å². The second-order valence-electron chi connectivity index (χ2n) is 11.0. The molecule has 2 heterocycles. The summed E-state index contributed by atoms with van der Waals surface area (Å²) in [5, 5.41) is 10.0. The van der Waals surface area contributed by atoms with Gasteiger partial charge in [0.05, 0.1) is 5.92 Å². The molecule has 37 heavy (non-hydrogen) atoms. The number of carbonyl (C=O) groups excluding carboxylic acids is 2. The fourth-order valence-corrected chi connectivity index (χ4v) is 6.03. The first-order valence-electron chi connectivity index (χ1n) is 13.7. The molecule has 9 heteroatoms. The van der Waals surface area contributed by atoms with E-state index in [1.54, 1.807) is 0 Å². The van der Waals surface area contributed by atoms with Gasteiger partial charge >= 0.3 is 0 Å². The Bertz CT molecular complexity index is 1110. The van der Waals surface area contributed by atoms with Crippen molar-refractivity contribution in [3.63, 3.8) is 0 Å². The maximum atomic E-state index is 14.2. The third kappa shape index (κ3) is 5.87. The molecule has 3 atom stereocenters. The maximum absolute atomic E-state index is 14.2. The molecule has 2 amide bonds. The van der Waals surface area contributed by atoms with Gasteiger partial charge in [0, 0.05) is 48.9 Å². The predicted octanol–water partition coefficient (Wildman–Crippen LogP) is 4.68. The van der Waals surface area contributed by atoms with E-state index in [0.717, 1.165) is 44.4 Å². The topological polar surface area (TPSA) is 87.5 Å². The van der Waals surface area contributed by atoms with Gasteiger partial charge < -0.3 is 15.2 Å². The van der Waals surface area contributed by atoms with Crippen molar-refractivity contribution < 1.29 is 22.9 Å². The molecule has 2 saturated carbocycles. The third-order valence-corrected chi connectivity index (χ3v) is 8.56. The molecule has 5 rings (SSSR count). The first kappa shape index (κ1) is 25.8. The summed E-state index contributed by atoms with van der Waals surface area (Å²) in [6.45, 7) is 3.50. The number of carbonyl (C=O) groups is 2. The lowest BCUT2D eigenvalue weighted by Gasteiger charge is -2.43. The molecular weight excluding hydrogens is 478 g/mol. The normalized spacial score (nSPS) is 24.3. The van der Waals surface area contributed by atoms with Crippen LogP contribution in [0.15, 0.2) is 28.8 Å². The van der Waals surface area contributed by atoms with E-state index in [0.29, 0.717) is 24.9 Å². The second-order valence-corrected chi connectivity index (χ2v) is 11.0. The number of rotatable bonds is 7. The van der Waals surface area contributed by atoms with Gasteiger partial charge in [-0.3, -0.25) is 14.5 Å². The molecule has 0 radical (unpaired) electrons. The van der Waals surface area contributed by atoms with Crippen LogP contribution in [0.1, 0.15) is 75.3 Å². The molecule has 3 aliphatic rings. The summed E-state index contributed by atoms with van der Waals surface area (Å²) in [4.78, 5) is 29.0. The molecule has 2 aromatic rings. The second kappa shape index (κ2) is 11.3. The van der Waals surface area contributed by atoms with E-state index in [9.17, 15) is 18.4 Å². The number of nitrogens with one attached hydrogen (secondary N) is 2. The van der Waals surface area contributed by atoms with Crippen LogP contribution >= 0.6 is 0 Å². The summed E-state index contributed by atoms with van der Waals surface area (Å²) in [6, 6.07) is 4.75. The maximum Gasteiger partial charge on any atom is 0.290 e. The summed E-state index contributed by atoms with van der Waals surface area (Å²) in [5.74, 6) is -1.92. The van der Waals surface area contributed by atoms with Crippen LogP contribution in [0.3, 0.4) is 0 Å². The van der Waals surface area contributed by atoms with Gasteiger partial charge in [0.1, 0.15) is 17.3 Å². The van der Waals surface area contributed by atoms with Crippen molar-refractivity contribution in [1.29, 1.82) is 0 Å². The summed E-state index contributed by atoms with van der Waals surface area (Å²) in [7, 11) is 0. The molecule has 0 unspecified atom stereocenters. The number of piperidine rings is 1. The minimum absolute atomic E-state index is 0.0168. The average molecular weight is 515 g/mol. The van der Waals surface area contributed by atoms with E-state index in [4.69, 9.17) is 4.52 Å². The highest BCUT2D eigenvalue weighted by Crippen LogP contribution is 2.31. The highest BCUT2D eigenvalue weighted by Gasteiger charge is 2.39. The molecule has 1 aromatic heterocycles. The first-order chi connectivity index (χ1) is 17.9. The molecule has 7 nitrogen and oxygen atoms in total. The quantitative estimate of drug-likeness (QED) is 0.560. The van der Waals surface area contributed by atoms with Crippen molar-refractivity contribution >= 4 is 11.8 Å². The molecule has 200 valence electrons. The predicted molar refractivity (Wildman–Crippen MR) is 135 cm³/mol. The van der Waals surface area contributed by atoms with Gasteiger partial charge in [0.25, 0.3) is 5.91 Å². The SMILES string of the molecule is C[C@@H](NC(=O)[C@@H]1CN(C2CCCCC2)CC[C@H]1NC(=O)c1cc(-c2ccc(F)cc2F)no1)C1CCC1. The van der Waals surface area contributed by atoms with E-state index in [1.165, 1.54) is 37.8 Å². The number of halogens is 2. The number of benzene rings is 1. The van der Waals surface area contributed by atoms with E-state index in [2.05, 4.69) is 27.6 Å². The molecule has 1 saturated heterocycles. The highest BCUT2D eigenvalue weighted by molar-refractivity contribution is 5.93. The number of amides is 2. The molecule has 0 spiro atoms. The molecule has 3 fully saturated rings. The van der Waals surface area contributed by atoms with Crippen molar-refractivity contribution in [2.75, 3.05) is 13.1 Å². The minimum Gasteiger partial charge on any atom is -0.353 e. The Labute approximate surface area is 216 Å². The molecule has 2 N–H and O–H groups in total. The largest absolute Gasteiger partial charge is 0.353 e. The van der Waals surface area contributed by atoms with E-state index in [1.807, 2.05) is 0 Å². The van der Waals surface area contributed by atoms with Crippen LogP contribution < -0.4 is 10.6 Å². The van der Waals surface area contributed by atoms with Crippen LogP contribution in [0.2, 0.25) is 0 Å². The molecule has 1 aromatic carbocycles. The highest BCUT2D eigenvalue weighted by atomic mass is 19.1. The average Bonchev–Trinajstić information content (AvgIpc) is 3.34. The van der Waals surface area contributed by atoms with Crippen molar-refractivity contribution in [3.05, 3.63) is 41.7 Å². The number of likely N-dealkylation sites (tertiary alicyclic amines) is 1. The number of nitrogens with zero attached hydrogens (tertiary/aromatic N) is 2. The van der Waals surface area contributed by atoms with Gasteiger partial charge in [0.2, 0.25) is 11.7 Å². The van der Waals surface area contributed by atoms with Crippen LogP contribution in [0.4, 0.5) is 8.78 Å². The van der Waals surface area contributed by atoms with Gasteiger partial charge in [-0.15, -0.1) is 0 Å². The summed E-state index contributed by atoms with van der Waals surface area (Å²) in [5.41, 5.74) is 0.158. The van der Waals surface area contributed by atoms with Crippen molar-refractivity contribution in [1.82, 2.24) is 20.7 Å². The zero-order chi connectivity index (χ0) is 25.9. The van der Waals surface area contributed by atoms with Crippen molar-refractivity contribution in [2.45, 2.75) is 82.8 Å². The third-order valence-electron chi connectivity index (χ3n) is 8.56. The van der Waals surface area contributed by atoms with Gasteiger partial charge in [-0.25, -0.2) is 8.78 Å². The van der Waals surface area contributed by atoms with Gasteiger partial charge in [-0.05, 0) is 57.1 Å². The molecule has 0 bridgehead atoms. The zero-order valence-electron chi connectivity index (χ0n) is 21.3. The Kier molecular flexibility index (Phi) is 7.88. The molecule has 2 aliphatic carbocycles. The monoisotopic (exact) mass is 514 g/mol. The lowest BCUT2D eigenvalue weighted by molar-refractivity contribution is -0.129. The lowest BCUT2D eigenvalue weighted by Crippen LogP contribution is -2.59. The van der Waals surface area contributed by atoms with E-state index < -0.39 is 17.5 Å². The minimum atomic E-state index is -0.785. The van der Waals surface area contributed by atoms with Crippen molar-refractivity contribution in [2.24, 2.45) is 11.8 Å². The van der Waals surface area contributed by atoms with E-state index >= 15 is 0 Å². The summed E-state index contributed by atoms with van der Waals surface area (Å²) >= 11 is 0. The Morgan fingerprint density at radius 1 is 1.05 bits per heavy atom. The number of hydrogen-bond acceptors (Lipinski definition) is 5. The van der Waals surface area contributed by atoms with Crippen LogP contribution in [-0.4, -0.2) is 53.1 Å². The molecular formula is C28H36F2N4O3. The Balaban J connectivity index is 1.28. The lowest BCUT2D eigenvalue weighted by atomic mass is 9.80.